The van der Waals surface area contributed by atoms with Gasteiger partial charge in [0.15, 0.2) is 0 Å². The molecule has 0 heterocycles. The molecular formula is C23H23N3O4S. The highest BCUT2D eigenvalue weighted by atomic mass is 32.2. The van der Waals surface area contributed by atoms with Crippen LogP contribution in [0.25, 0.3) is 5.70 Å². The highest BCUT2D eigenvalue weighted by Crippen LogP contribution is 2.25. The summed E-state index contributed by atoms with van der Waals surface area (Å²) in [6, 6.07) is 23.6. The van der Waals surface area contributed by atoms with E-state index in [1.54, 1.807) is 42.5 Å². The quantitative estimate of drug-likeness (QED) is 0.502. The Bertz CT molecular complexity index is 1130. The van der Waals surface area contributed by atoms with Crippen LogP contribution in [0.1, 0.15) is 5.56 Å². The van der Waals surface area contributed by atoms with Crippen LogP contribution < -0.4 is 19.9 Å². The summed E-state index contributed by atoms with van der Waals surface area (Å²) in [7, 11) is -2.46. The predicted octanol–water partition coefficient (Wildman–Crippen LogP) is 3.18. The molecule has 0 bridgehead atoms. The maximum Gasteiger partial charge on any atom is 0.264 e. The normalized spacial score (nSPS) is 10.7. The first kappa shape index (κ1) is 21.9. The summed E-state index contributed by atoms with van der Waals surface area (Å²) < 4.78 is 32.7. The minimum absolute atomic E-state index is 0.0836. The van der Waals surface area contributed by atoms with Crippen LogP contribution in [0.4, 0.5) is 5.69 Å². The topological polar surface area (TPSA) is 87.7 Å². The van der Waals surface area contributed by atoms with Crippen LogP contribution in [-0.2, 0) is 14.8 Å². The maximum absolute atomic E-state index is 13.3. The van der Waals surface area contributed by atoms with E-state index in [-0.39, 0.29) is 4.90 Å². The summed E-state index contributed by atoms with van der Waals surface area (Å²) in [5.74, 6) is 0.0264. The molecule has 1 amide bonds. The molecule has 160 valence electrons. The van der Waals surface area contributed by atoms with Crippen LogP contribution in [0, 0.1) is 0 Å². The van der Waals surface area contributed by atoms with Gasteiger partial charge >= 0.3 is 0 Å². The molecule has 7 nitrogen and oxygen atoms in total. The molecule has 0 saturated heterocycles. The molecule has 0 aliphatic carbocycles. The highest BCUT2D eigenvalue weighted by molar-refractivity contribution is 7.92. The third-order valence-electron chi connectivity index (χ3n) is 4.45. The average Bonchev–Trinajstić information content (AvgIpc) is 2.82. The summed E-state index contributed by atoms with van der Waals surface area (Å²) in [5, 5.41) is 0. The molecule has 0 spiro atoms. The maximum atomic E-state index is 13.3. The van der Waals surface area contributed by atoms with Crippen LogP contribution in [0.2, 0.25) is 0 Å². The lowest BCUT2D eigenvalue weighted by molar-refractivity contribution is -0.120. The van der Waals surface area contributed by atoms with Gasteiger partial charge < -0.3 is 4.74 Å². The third kappa shape index (κ3) is 5.43. The van der Waals surface area contributed by atoms with Crippen molar-refractivity contribution in [2.45, 2.75) is 4.90 Å². The van der Waals surface area contributed by atoms with E-state index < -0.39 is 22.5 Å². The van der Waals surface area contributed by atoms with E-state index in [1.165, 1.54) is 19.2 Å². The van der Waals surface area contributed by atoms with E-state index in [9.17, 15) is 13.2 Å². The monoisotopic (exact) mass is 437 g/mol. The van der Waals surface area contributed by atoms with Gasteiger partial charge in [-0.2, -0.15) is 0 Å². The number of rotatable bonds is 9. The molecule has 3 aromatic carbocycles. The van der Waals surface area contributed by atoms with E-state index in [0.29, 0.717) is 17.1 Å². The van der Waals surface area contributed by atoms with Crippen LogP contribution in [0.5, 0.6) is 5.75 Å². The number of methoxy groups -OCH3 is 1. The first-order valence-electron chi connectivity index (χ1n) is 9.43. The lowest BCUT2D eigenvalue weighted by atomic mass is 10.2. The van der Waals surface area contributed by atoms with Gasteiger partial charge in [-0.05, 0) is 42.0 Å². The second-order valence-corrected chi connectivity index (χ2v) is 8.40. The van der Waals surface area contributed by atoms with Crippen molar-refractivity contribution in [3.05, 3.63) is 97.1 Å². The summed E-state index contributed by atoms with van der Waals surface area (Å²) in [6.07, 6.45) is 0. The Morgan fingerprint density at radius 1 is 0.903 bits per heavy atom. The number of amides is 1. The van der Waals surface area contributed by atoms with E-state index in [2.05, 4.69) is 17.4 Å². The highest BCUT2D eigenvalue weighted by Gasteiger charge is 2.27. The lowest BCUT2D eigenvalue weighted by Gasteiger charge is -2.24. The van der Waals surface area contributed by atoms with Crippen molar-refractivity contribution >= 4 is 27.3 Å². The zero-order valence-electron chi connectivity index (χ0n) is 17.0. The van der Waals surface area contributed by atoms with Crippen LogP contribution in [0.15, 0.2) is 96.4 Å². The minimum atomic E-state index is -3.98. The van der Waals surface area contributed by atoms with Crippen molar-refractivity contribution in [2.24, 2.45) is 0 Å². The molecule has 0 fully saturated rings. The number of benzene rings is 3. The van der Waals surface area contributed by atoms with Gasteiger partial charge in [-0.15, -0.1) is 0 Å². The number of ether oxygens (including phenoxy) is 1. The van der Waals surface area contributed by atoms with E-state index in [0.717, 1.165) is 9.87 Å². The number of carbonyl (C=O) groups is 1. The molecular weight excluding hydrogens is 414 g/mol. The first-order valence-corrected chi connectivity index (χ1v) is 10.9. The van der Waals surface area contributed by atoms with E-state index in [4.69, 9.17) is 4.74 Å². The van der Waals surface area contributed by atoms with E-state index in [1.807, 2.05) is 30.3 Å². The van der Waals surface area contributed by atoms with Gasteiger partial charge in [-0.25, -0.2) is 8.42 Å². The Kier molecular flexibility index (Phi) is 6.94. The number of carbonyl (C=O) groups excluding carboxylic acids is 1. The average molecular weight is 438 g/mol. The summed E-state index contributed by atoms with van der Waals surface area (Å²) in [6.45, 7) is 3.45. The Labute approximate surface area is 182 Å². The molecule has 8 heteroatoms. The summed E-state index contributed by atoms with van der Waals surface area (Å²) >= 11 is 0. The second-order valence-electron chi connectivity index (χ2n) is 6.54. The molecule has 0 unspecified atom stereocenters. The second kappa shape index (κ2) is 9.82. The molecule has 0 aliphatic rings. The van der Waals surface area contributed by atoms with Gasteiger partial charge in [0.2, 0.25) is 0 Å². The Morgan fingerprint density at radius 3 is 2.06 bits per heavy atom. The molecule has 0 saturated carbocycles. The Hall–Kier alpha value is -3.78. The molecule has 0 aliphatic heterocycles. The largest absolute Gasteiger partial charge is 0.497 e. The van der Waals surface area contributed by atoms with Crippen molar-refractivity contribution in [1.29, 1.82) is 0 Å². The Balaban J connectivity index is 1.81. The van der Waals surface area contributed by atoms with Gasteiger partial charge in [-0.1, -0.05) is 55.1 Å². The fourth-order valence-corrected chi connectivity index (χ4v) is 4.25. The van der Waals surface area contributed by atoms with Gasteiger partial charge in [0.25, 0.3) is 15.9 Å². The zero-order chi connectivity index (χ0) is 22.3. The van der Waals surface area contributed by atoms with Gasteiger partial charge in [-0.3, -0.25) is 20.0 Å². The van der Waals surface area contributed by atoms with Crippen molar-refractivity contribution in [2.75, 3.05) is 18.0 Å². The number of hydrogen-bond acceptors (Lipinski definition) is 5. The van der Waals surface area contributed by atoms with Crippen molar-refractivity contribution in [3.8, 4) is 5.75 Å². The van der Waals surface area contributed by atoms with Crippen molar-refractivity contribution in [1.82, 2.24) is 10.9 Å². The standard InChI is InChI=1S/C23H23N3O4S/c1-18(19-9-5-3-6-10-19)24-25-23(27)17-26(20-13-15-21(30-2)16-14-20)31(28,29)22-11-7-4-8-12-22/h3-16,24H,1,17H2,2H3,(H,25,27). The summed E-state index contributed by atoms with van der Waals surface area (Å²) in [4.78, 5) is 12.7. The van der Waals surface area contributed by atoms with Crippen LogP contribution >= 0.6 is 0 Å². The molecule has 2 N–H and O–H groups in total. The van der Waals surface area contributed by atoms with Crippen LogP contribution in [-0.4, -0.2) is 28.0 Å². The van der Waals surface area contributed by atoms with E-state index >= 15 is 0 Å². The zero-order valence-corrected chi connectivity index (χ0v) is 17.8. The van der Waals surface area contributed by atoms with Crippen molar-refractivity contribution < 1.29 is 17.9 Å². The number of hydrogen-bond donors (Lipinski definition) is 2. The third-order valence-corrected chi connectivity index (χ3v) is 6.24. The number of sulfonamides is 1. The van der Waals surface area contributed by atoms with Crippen molar-refractivity contribution in [3.63, 3.8) is 0 Å². The number of hydrazine groups is 1. The van der Waals surface area contributed by atoms with Crippen LogP contribution in [0.3, 0.4) is 0 Å². The predicted molar refractivity (Wildman–Crippen MR) is 121 cm³/mol. The first-order chi connectivity index (χ1) is 14.9. The molecule has 3 aromatic rings. The smallest absolute Gasteiger partial charge is 0.264 e. The van der Waals surface area contributed by atoms with Gasteiger partial charge in [0.1, 0.15) is 12.3 Å². The molecule has 0 aromatic heterocycles. The molecule has 0 radical (unpaired) electrons. The fourth-order valence-electron chi connectivity index (χ4n) is 2.81. The SMILES string of the molecule is C=C(NNC(=O)CN(c1ccc(OC)cc1)S(=O)(=O)c1ccccc1)c1ccccc1. The number of nitrogens with zero attached hydrogens (tertiary/aromatic N) is 1. The number of nitrogens with one attached hydrogen (secondary N) is 2. The molecule has 31 heavy (non-hydrogen) atoms. The summed E-state index contributed by atoms with van der Waals surface area (Å²) in [5.41, 5.74) is 6.85. The minimum Gasteiger partial charge on any atom is -0.497 e. The fraction of sp³-hybridized carbons (Fsp3) is 0.0870. The van der Waals surface area contributed by atoms with Gasteiger partial charge in [0, 0.05) is 0 Å². The lowest BCUT2D eigenvalue weighted by Crippen LogP contribution is -2.45. The van der Waals surface area contributed by atoms with Gasteiger partial charge in [0.05, 0.1) is 23.4 Å². The number of anilines is 1. The molecule has 0 atom stereocenters. The Morgan fingerprint density at radius 2 is 1.48 bits per heavy atom. The molecule has 3 rings (SSSR count).